The molecule has 1 aliphatic rings. The summed E-state index contributed by atoms with van der Waals surface area (Å²) in [5, 5.41) is 2.94. The van der Waals surface area contributed by atoms with Gasteiger partial charge in [-0.1, -0.05) is 19.9 Å². The van der Waals surface area contributed by atoms with E-state index < -0.39 is 37.6 Å². The second kappa shape index (κ2) is 11.0. The van der Waals surface area contributed by atoms with Crippen molar-refractivity contribution in [3.05, 3.63) is 48.0 Å². The standard InChI is InChI=1S/C26H37N3O6S2/c1-18(2)23-12-11-22(36(31,32)21-9-7-19(27-6)8-10-21)17-24(23)37(33,34)28-20-13-15-29(16-14-20)25(30)35-26(3,4)5/h7-12,17-18,20,27-28H,13-16H2,1-6H3. The molecule has 1 saturated heterocycles. The monoisotopic (exact) mass is 551 g/mol. The Labute approximate surface area is 220 Å². The van der Waals surface area contributed by atoms with E-state index in [-0.39, 0.29) is 20.6 Å². The number of piperidine rings is 1. The van der Waals surface area contributed by atoms with E-state index in [0.29, 0.717) is 31.5 Å². The minimum Gasteiger partial charge on any atom is -0.444 e. The molecule has 0 aromatic heterocycles. The van der Waals surface area contributed by atoms with Crippen LogP contribution in [0, 0.1) is 0 Å². The number of sulfone groups is 1. The molecule has 3 rings (SSSR count). The van der Waals surface area contributed by atoms with Crippen molar-refractivity contribution in [3.8, 4) is 0 Å². The molecule has 1 amide bonds. The fourth-order valence-electron chi connectivity index (χ4n) is 4.12. The summed E-state index contributed by atoms with van der Waals surface area (Å²) in [6.45, 7) is 9.82. The maximum atomic E-state index is 13.5. The Balaban J connectivity index is 1.84. The minimum absolute atomic E-state index is 0.0509. The van der Waals surface area contributed by atoms with Gasteiger partial charge in [0.2, 0.25) is 19.9 Å². The van der Waals surface area contributed by atoms with Crippen molar-refractivity contribution in [2.75, 3.05) is 25.5 Å². The van der Waals surface area contributed by atoms with Crippen LogP contribution in [0.15, 0.2) is 57.2 Å². The van der Waals surface area contributed by atoms with Crippen LogP contribution in [0.5, 0.6) is 0 Å². The number of rotatable bonds is 7. The van der Waals surface area contributed by atoms with Gasteiger partial charge in [0.05, 0.1) is 14.7 Å². The van der Waals surface area contributed by atoms with E-state index in [9.17, 15) is 21.6 Å². The Bertz CT molecular complexity index is 1320. The summed E-state index contributed by atoms with van der Waals surface area (Å²) < 4.78 is 61.8. The van der Waals surface area contributed by atoms with Gasteiger partial charge in [0, 0.05) is 31.9 Å². The van der Waals surface area contributed by atoms with Gasteiger partial charge in [-0.05, 0) is 81.5 Å². The van der Waals surface area contributed by atoms with E-state index in [1.54, 1.807) is 50.9 Å². The zero-order valence-electron chi connectivity index (χ0n) is 22.2. The zero-order valence-corrected chi connectivity index (χ0v) is 23.9. The van der Waals surface area contributed by atoms with E-state index in [1.807, 2.05) is 13.8 Å². The first-order valence-corrected chi connectivity index (χ1v) is 15.3. The Kier molecular flexibility index (Phi) is 8.60. The number of anilines is 1. The first-order valence-electron chi connectivity index (χ1n) is 12.3. The summed E-state index contributed by atoms with van der Waals surface area (Å²) in [6.07, 6.45) is 0.424. The number of likely N-dealkylation sites (tertiary alicyclic amines) is 1. The van der Waals surface area contributed by atoms with Crippen molar-refractivity contribution in [1.29, 1.82) is 0 Å². The third kappa shape index (κ3) is 7.03. The lowest BCUT2D eigenvalue weighted by molar-refractivity contribution is 0.0203. The van der Waals surface area contributed by atoms with Crippen molar-refractivity contribution < 1.29 is 26.4 Å². The Morgan fingerprint density at radius 2 is 1.54 bits per heavy atom. The molecule has 0 spiro atoms. The van der Waals surface area contributed by atoms with Gasteiger partial charge < -0.3 is 15.0 Å². The summed E-state index contributed by atoms with van der Waals surface area (Å²) in [6, 6.07) is 10.2. The first kappa shape index (κ1) is 28.9. The average molecular weight is 552 g/mol. The van der Waals surface area contributed by atoms with Gasteiger partial charge >= 0.3 is 6.09 Å². The van der Waals surface area contributed by atoms with Gasteiger partial charge in [0.15, 0.2) is 0 Å². The van der Waals surface area contributed by atoms with Crippen LogP contribution in [-0.4, -0.2) is 59.6 Å². The number of sulfonamides is 1. The quantitative estimate of drug-likeness (QED) is 0.524. The van der Waals surface area contributed by atoms with Gasteiger partial charge in [-0.2, -0.15) is 0 Å². The Morgan fingerprint density at radius 1 is 0.973 bits per heavy atom. The van der Waals surface area contributed by atoms with Crippen LogP contribution in [0.4, 0.5) is 10.5 Å². The summed E-state index contributed by atoms with van der Waals surface area (Å²) in [4.78, 5) is 13.8. The van der Waals surface area contributed by atoms with E-state index in [4.69, 9.17) is 4.74 Å². The molecule has 1 heterocycles. The molecule has 0 aliphatic carbocycles. The molecule has 1 aliphatic heterocycles. The number of hydrogen-bond donors (Lipinski definition) is 2. The lowest BCUT2D eigenvalue weighted by atomic mass is 10.0. The number of nitrogens with one attached hydrogen (secondary N) is 2. The molecule has 204 valence electrons. The molecule has 0 radical (unpaired) electrons. The molecule has 11 heteroatoms. The van der Waals surface area contributed by atoms with Crippen LogP contribution < -0.4 is 10.0 Å². The Morgan fingerprint density at radius 3 is 2.05 bits per heavy atom. The molecular formula is C26H37N3O6S2. The lowest BCUT2D eigenvalue weighted by Crippen LogP contribution is -2.47. The molecule has 37 heavy (non-hydrogen) atoms. The third-order valence-electron chi connectivity index (χ3n) is 6.13. The maximum absolute atomic E-state index is 13.5. The van der Waals surface area contributed by atoms with Crippen molar-refractivity contribution in [2.24, 2.45) is 0 Å². The summed E-state index contributed by atoms with van der Waals surface area (Å²) >= 11 is 0. The highest BCUT2D eigenvalue weighted by Gasteiger charge is 2.31. The van der Waals surface area contributed by atoms with Crippen LogP contribution in [-0.2, 0) is 24.6 Å². The van der Waals surface area contributed by atoms with Crippen molar-refractivity contribution in [3.63, 3.8) is 0 Å². The van der Waals surface area contributed by atoms with Crippen LogP contribution in [0.25, 0.3) is 0 Å². The zero-order chi connectivity index (χ0) is 27.6. The van der Waals surface area contributed by atoms with Crippen LogP contribution in [0.3, 0.4) is 0 Å². The number of nitrogens with zero attached hydrogens (tertiary/aromatic N) is 1. The average Bonchev–Trinajstić information content (AvgIpc) is 2.82. The molecule has 2 N–H and O–H groups in total. The van der Waals surface area contributed by atoms with E-state index in [1.165, 1.54) is 24.3 Å². The molecule has 9 nitrogen and oxygen atoms in total. The molecule has 0 saturated carbocycles. The number of carbonyl (C=O) groups is 1. The van der Waals surface area contributed by atoms with Gasteiger partial charge in [0.1, 0.15) is 5.60 Å². The fourth-order valence-corrected chi connectivity index (χ4v) is 7.18. The predicted molar refractivity (Wildman–Crippen MR) is 143 cm³/mol. The summed E-state index contributed by atoms with van der Waals surface area (Å²) in [5.41, 5.74) is 0.686. The van der Waals surface area contributed by atoms with Gasteiger partial charge in [-0.25, -0.2) is 26.4 Å². The molecule has 0 bridgehead atoms. The van der Waals surface area contributed by atoms with Crippen LogP contribution in [0.2, 0.25) is 0 Å². The lowest BCUT2D eigenvalue weighted by Gasteiger charge is -2.33. The van der Waals surface area contributed by atoms with E-state index in [2.05, 4.69) is 10.0 Å². The predicted octanol–water partition coefficient (Wildman–Crippen LogP) is 4.36. The topological polar surface area (TPSA) is 122 Å². The maximum Gasteiger partial charge on any atom is 0.410 e. The summed E-state index contributed by atoms with van der Waals surface area (Å²) in [5.74, 6) is -0.146. The number of hydrogen-bond acceptors (Lipinski definition) is 7. The third-order valence-corrected chi connectivity index (χ3v) is 9.47. The second-order valence-electron chi connectivity index (χ2n) is 10.5. The molecule has 2 aromatic carbocycles. The Hall–Kier alpha value is -2.63. The molecular weight excluding hydrogens is 514 g/mol. The van der Waals surface area contributed by atoms with Crippen molar-refractivity contribution >= 4 is 31.6 Å². The van der Waals surface area contributed by atoms with Crippen LogP contribution >= 0.6 is 0 Å². The number of amides is 1. The smallest absolute Gasteiger partial charge is 0.410 e. The highest BCUT2D eigenvalue weighted by Crippen LogP contribution is 2.30. The van der Waals surface area contributed by atoms with Crippen LogP contribution in [0.1, 0.15) is 58.9 Å². The number of ether oxygens (including phenoxy) is 1. The molecule has 2 aromatic rings. The molecule has 0 atom stereocenters. The van der Waals surface area contributed by atoms with Crippen molar-refractivity contribution in [1.82, 2.24) is 9.62 Å². The molecule has 1 fully saturated rings. The highest BCUT2D eigenvalue weighted by molar-refractivity contribution is 7.91. The van der Waals surface area contributed by atoms with Gasteiger partial charge in [0.25, 0.3) is 0 Å². The number of carbonyl (C=O) groups excluding carboxylic acids is 1. The van der Waals surface area contributed by atoms with Crippen molar-refractivity contribution in [2.45, 2.75) is 79.7 Å². The molecule has 0 unspecified atom stereocenters. The van der Waals surface area contributed by atoms with E-state index in [0.717, 1.165) is 5.69 Å². The second-order valence-corrected chi connectivity index (χ2v) is 14.1. The van der Waals surface area contributed by atoms with Gasteiger partial charge in [-0.3, -0.25) is 0 Å². The highest BCUT2D eigenvalue weighted by atomic mass is 32.2. The SMILES string of the molecule is CNc1ccc(S(=O)(=O)c2ccc(C(C)C)c(S(=O)(=O)NC3CCN(C(=O)OC(C)(C)C)CC3)c2)cc1. The van der Waals surface area contributed by atoms with Gasteiger partial charge in [-0.15, -0.1) is 0 Å². The largest absolute Gasteiger partial charge is 0.444 e. The fraction of sp³-hybridized carbons (Fsp3) is 0.500. The normalized spacial score (nSPS) is 15.6. The van der Waals surface area contributed by atoms with E-state index >= 15 is 0 Å². The number of benzene rings is 2. The minimum atomic E-state index is -4.04. The first-order chi connectivity index (χ1) is 17.1. The summed E-state index contributed by atoms with van der Waals surface area (Å²) in [7, 11) is -6.23.